The summed E-state index contributed by atoms with van der Waals surface area (Å²) in [5.74, 6) is -0.458. The van der Waals surface area contributed by atoms with Gasteiger partial charge in [-0.25, -0.2) is 4.58 Å². The number of nitro groups is 2. The van der Waals surface area contributed by atoms with Gasteiger partial charge in [-0.05, 0) is 70.8 Å². The Hall–Kier alpha value is -3.13. The Balaban J connectivity index is 1.40. The Morgan fingerprint density at radius 2 is 1.56 bits per heavy atom. The van der Waals surface area contributed by atoms with Crippen LogP contribution < -0.4 is 0 Å². The number of hydrogen-bond acceptors (Lipinski definition) is 8. The van der Waals surface area contributed by atoms with Crippen molar-refractivity contribution in [1.29, 1.82) is 0 Å². The molecule has 2 heterocycles. The maximum Gasteiger partial charge on any atom is 0.303 e. The van der Waals surface area contributed by atoms with Crippen LogP contribution in [0.25, 0.3) is 0 Å². The smallest absolute Gasteiger partial charge is 0.303 e. The molecule has 2 aliphatic heterocycles. The monoisotopic (exact) mass is 747 g/mol. The van der Waals surface area contributed by atoms with Crippen molar-refractivity contribution >= 4 is 21.8 Å². The fraction of sp³-hybridized carbons (Fsp3) is 0.789. The zero-order valence-electron chi connectivity index (χ0n) is 31.3. The van der Waals surface area contributed by atoms with E-state index in [4.69, 9.17) is 5.11 Å². The Bertz CT molecular complexity index is 1580. The summed E-state index contributed by atoms with van der Waals surface area (Å²) < 4.78 is 36.6. The maximum atomic E-state index is 12.1. The Kier molecular flexibility index (Phi) is 12.4. The van der Waals surface area contributed by atoms with Gasteiger partial charge in [0.05, 0.1) is 17.1 Å². The molecule has 52 heavy (non-hydrogen) atoms. The van der Waals surface area contributed by atoms with Crippen LogP contribution in [-0.4, -0.2) is 91.6 Å². The predicted octanol–water partition coefficient (Wildman–Crippen LogP) is 6.54. The van der Waals surface area contributed by atoms with E-state index in [1.54, 1.807) is 0 Å². The molecule has 5 rings (SSSR count). The van der Waals surface area contributed by atoms with Crippen LogP contribution in [0.5, 0.6) is 0 Å². The van der Waals surface area contributed by atoms with Crippen molar-refractivity contribution in [3.8, 4) is 0 Å². The van der Waals surface area contributed by atoms with Crippen LogP contribution in [0.15, 0.2) is 36.1 Å². The van der Waals surface area contributed by atoms with E-state index in [1.807, 2.05) is 18.2 Å². The summed E-state index contributed by atoms with van der Waals surface area (Å²) in [6.45, 7) is 10.2. The quantitative estimate of drug-likeness (QED) is 0.0494. The third-order valence-electron chi connectivity index (χ3n) is 13.3. The van der Waals surface area contributed by atoms with Crippen molar-refractivity contribution in [1.82, 2.24) is 4.90 Å². The molecule has 2 N–H and O–H groups in total. The fourth-order valence-corrected chi connectivity index (χ4v) is 11.6. The number of carboxylic acids is 1. The average Bonchev–Trinajstić information content (AvgIpc) is 3.41. The van der Waals surface area contributed by atoms with Crippen LogP contribution in [0.1, 0.15) is 118 Å². The van der Waals surface area contributed by atoms with Crippen LogP contribution in [-0.2, 0) is 14.9 Å². The normalized spacial score (nSPS) is 33.9. The van der Waals surface area contributed by atoms with Crippen molar-refractivity contribution in [3.05, 3.63) is 56.3 Å². The number of nitrogens with zero attached hydrogens (tertiary/aromatic N) is 4. The van der Waals surface area contributed by atoms with E-state index in [-0.39, 0.29) is 51.4 Å². The summed E-state index contributed by atoms with van der Waals surface area (Å²) in [6.07, 6.45) is 19.3. The zero-order chi connectivity index (χ0) is 38.0. The molecule has 0 radical (unpaired) electrons. The Labute approximate surface area is 308 Å². The predicted molar refractivity (Wildman–Crippen MR) is 198 cm³/mol. The van der Waals surface area contributed by atoms with E-state index < -0.39 is 33.4 Å². The summed E-state index contributed by atoms with van der Waals surface area (Å²) in [4.78, 5) is 36.3. The van der Waals surface area contributed by atoms with Crippen molar-refractivity contribution in [3.63, 3.8) is 0 Å². The highest BCUT2D eigenvalue weighted by Gasteiger charge is 2.56. The molecule has 4 fully saturated rings. The molecule has 0 aromatic heterocycles. The van der Waals surface area contributed by atoms with Crippen molar-refractivity contribution in [2.24, 2.45) is 28.6 Å². The second-order valence-corrected chi connectivity index (χ2v) is 18.9. The molecule has 5 aliphatic rings. The summed E-state index contributed by atoms with van der Waals surface area (Å²) in [6, 6.07) is -1.35. The van der Waals surface area contributed by atoms with Gasteiger partial charge in [0.15, 0.2) is 11.8 Å². The minimum Gasteiger partial charge on any atom is -0.481 e. The fourth-order valence-electron chi connectivity index (χ4n) is 10.7. The molecule has 0 spiro atoms. The second-order valence-electron chi connectivity index (χ2n) is 17.2. The summed E-state index contributed by atoms with van der Waals surface area (Å²) in [5, 5.41) is 31.8. The van der Waals surface area contributed by atoms with Gasteiger partial charge in [-0.15, -0.1) is 0 Å². The molecule has 7 unspecified atom stereocenters. The van der Waals surface area contributed by atoms with E-state index in [1.165, 1.54) is 5.71 Å². The molecular formula is C38H59N4O9S+. The van der Waals surface area contributed by atoms with Gasteiger partial charge >= 0.3 is 5.97 Å². The van der Waals surface area contributed by atoms with E-state index in [0.717, 1.165) is 50.8 Å². The SMILES string of the molecule is CC1(C)C(/C=C/C=C/C=C2/N(CCCCCC(=O)O)C3CCC(S(=O)(=O)O)CC3C2(C)C)=[N+](CC2CC([N+](=O)[O-])CC([N+](=O)[O-])C2)C2CCCCC21. The molecule has 0 bridgehead atoms. The number of rotatable bonds is 14. The van der Waals surface area contributed by atoms with Crippen LogP contribution in [0.2, 0.25) is 0 Å². The van der Waals surface area contributed by atoms with Crippen LogP contribution in [0, 0.1) is 48.8 Å². The lowest BCUT2D eigenvalue weighted by Crippen LogP contribution is -2.43. The first-order valence-corrected chi connectivity index (χ1v) is 20.8. The number of fused-ring (bicyclic) bond motifs is 2. The third-order valence-corrected chi connectivity index (χ3v) is 14.6. The molecule has 7 atom stereocenters. The van der Waals surface area contributed by atoms with Crippen molar-refractivity contribution < 1.29 is 37.3 Å². The van der Waals surface area contributed by atoms with Gasteiger partial charge in [0.2, 0.25) is 12.1 Å². The Morgan fingerprint density at radius 1 is 0.885 bits per heavy atom. The van der Waals surface area contributed by atoms with Gasteiger partial charge in [0.25, 0.3) is 10.1 Å². The summed E-state index contributed by atoms with van der Waals surface area (Å²) >= 11 is 0. The molecule has 3 aliphatic carbocycles. The standard InChI is InChI=1S/C38H58N4O9S/c1-37(2)30-13-10-11-14-32(30)40(25-26-21-27(41(45)46)23-28(22-26)42(47)48)35(37)16-8-5-7-15-34-38(3,4)31-24-29(52(49,50)51)18-19-33(31)39(34)20-12-6-9-17-36(43)44/h5,7-8,15-16,26-33H,6,9-14,17-25H2,1-4H3,(H-,43,44,49,50,51)/p+1. The number of hydrogen-bond donors (Lipinski definition) is 2. The summed E-state index contributed by atoms with van der Waals surface area (Å²) in [5.41, 5.74) is 1.81. The minimum atomic E-state index is -4.14. The number of carboxylic acid groups (broad SMARTS) is 1. The molecule has 0 aromatic carbocycles. The first-order chi connectivity index (χ1) is 24.4. The van der Waals surface area contributed by atoms with Crippen molar-refractivity contribution in [2.75, 3.05) is 13.1 Å². The van der Waals surface area contributed by atoms with Gasteiger partial charge < -0.3 is 10.0 Å². The molecule has 13 nitrogen and oxygen atoms in total. The molecule has 1 saturated heterocycles. The molecule has 3 saturated carbocycles. The van der Waals surface area contributed by atoms with Gasteiger partial charge in [0, 0.05) is 77.1 Å². The van der Waals surface area contributed by atoms with Gasteiger partial charge in [0.1, 0.15) is 6.54 Å². The highest BCUT2D eigenvalue weighted by atomic mass is 32.2. The average molecular weight is 748 g/mol. The molecule has 290 valence electrons. The lowest BCUT2D eigenvalue weighted by Gasteiger charge is -2.37. The second kappa shape index (κ2) is 16.1. The van der Waals surface area contributed by atoms with Gasteiger partial charge in [-0.2, -0.15) is 8.42 Å². The zero-order valence-corrected chi connectivity index (χ0v) is 32.1. The van der Waals surface area contributed by atoms with Gasteiger partial charge in [-0.3, -0.25) is 29.6 Å². The molecule has 0 amide bonds. The first-order valence-electron chi connectivity index (χ1n) is 19.3. The number of allylic oxidation sites excluding steroid dienone is 6. The number of carbonyl (C=O) groups is 1. The highest BCUT2D eigenvalue weighted by molar-refractivity contribution is 7.86. The lowest BCUT2D eigenvalue weighted by atomic mass is 9.69. The van der Waals surface area contributed by atoms with E-state index >= 15 is 0 Å². The largest absolute Gasteiger partial charge is 0.481 e. The van der Waals surface area contributed by atoms with E-state index in [2.05, 4.69) is 49.3 Å². The van der Waals surface area contributed by atoms with Gasteiger partial charge in [-0.1, -0.05) is 44.9 Å². The number of unbranched alkanes of at least 4 members (excludes halogenated alkanes) is 2. The molecule has 14 heteroatoms. The minimum absolute atomic E-state index is 0.00755. The summed E-state index contributed by atoms with van der Waals surface area (Å²) in [7, 11) is -4.14. The topological polar surface area (TPSA) is 184 Å². The molecule has 0 aromatic rings. The van der Waals surface area contributed by atoms with Crippen LogP contribution in [0.3, 0.4) is 0 Å². The maximum absolute atomic E-state index is 12.1. The van der Waals surface area contributed by atoms with E-state index in [9.17, 15) is 38.0 Å². The molecular weight excluding hydrogens is 689 g/mol. The van der Waals surface area contributed by atoms with E-state index in [0.29, 0.717) is 57.0 Å². The van der Waals surface area contributed by atoms with Crippen LogP contribution in [0.4, 0.5) is 0 Å². The Morgan fingerprint density at radius 3 is 2.19 bits per heavy atom. The first kappa shape index (κ1) is 40.1. The van der Waals surface area contributed by atoms with Crippen LogP contribution >= 0.6 is 0 Å². The lowest BCUT2D eigenvalue weighted by molar-refractivity contribution is -0.592. The number of likely N-dealkylation sites (tertiary alicyclic amines) is 1. The van der Waals surface area contributed by atoms with Crippen molar-refractivity contribution in [2.45, 2.75) is 147 Å². The third kappa shape index (κ3) is 8.63. The highest BCUT2D eigenvalue weighted by Crippen LogP contribution is 2.54. The number of aliphatic carboxylic acids is 1.